The first-order chi connectivity index (χ1) is 8.04. The predicted molar refractivity (Wildman–Crippen MR) is 64.8 cm³/mol. The number of para-hydroxylation sites is 1. The van der Waals surface area contributed by atoms with E-state index in [1.54, 1.807) is 18.2 Å². The minimum absolute atomic E-state index is 0.0333. The van der Waals surface area contributed by atoms with Crippen LogP contribution in [0.25, 0.3) is 6.08 Å². The van der Waals surface area contributed by atoms with Crippen LogP contribution in [0.1, 0.15) is 19.4 Å². The Labute approximate surface area is 99.8 Å². The Morgan fingerprint density at radius 2 is 2.12 bits per heavy atom. The molecular weight excluding hydrogens is 222 g/mol. The van der Waals surface area contributed by atoms with Crippen molar-refractivity contribution < 1.29 is 14.4 Å². The smallest absolute Gasteiger partial charge is 0.235 e. The van der Waals surface area contributed by atoms with Crippen molar-refractivity contribution in [3.63, 3.8) is 0 Å². The largest absolute Gasteiger partial charge is 0.493 e. The summed E-state index contributed by atoms with van der Waals surface area (Å²) in [6.45, 7) is 3.76. The van der Waals surface area contributed by atoms with Crippen LogP contribution in [0.4, 0.5) is 0 Å². The molecule has 0 unspecified atom stereocenters. The molecule has 0 fully saturated rings. The van der Waals surface area contributed by atoms with E-state index in [2.05, 4.69) is 0 Å². The van der Waals surface area contributed by atoms with Gasteiger partial charge in [-0.15, -0.1) is 0 Å². The number of rotatable bonds is 5. The second-order valence-corrected chi connectivity index (χ2v) is 3.65. The predicted octanol–water partition coefficient (Wildman–Crippen LogP) is 2.73. The molecule has 0 N–H and O–H groups in total. The summed E-state index contributed by atoms with van der Waals surface area (Å²) in [6, 6.07) is 5.24. The van der Waals surface area contributed by atoms with Crippen LogP contribution in [-0.4, -0.2) is 18.1 Å². The van der Waals surface area contributed by atoms with Gasteiger partial charge in [0, 0.05) is 11.6 Å². The lowest BCUT2D eigenvalue weighted by Crippen LogP contribution is -2.07. The molecule has 1 aromatic rings. The number of hydrogen-bond acceptors (Lipinski definition) is 4. The van der Waals surface area contributed by atoms with Crippen LogP contribution in [0.2, 0.25) is 0 Å². The summed E-state index contributed by atoms with van der Waals surface area (Å²) < 4.78 is 10.8. The van der Waals surface area contributed by atoms with Gasteiger partial charge in [-0.25, -0.2) is 0 Å². The second kappa shape index (κ2) is 5.89. The number of ether oxygens (including phenoxy) is 2. The van der Waals surface area contributed by atoms with E-state index in [4.69, 9.17) is 9.47 Å². The average molecular weight is 237 g/mol. The van der Waals surface area contributed by atoms with Crippen LogP contribution in [0.3, 0.4) is 0 Å². The number of nitro groups is 1. The molecule has 0 bridgehead atoms. The van der Waals surface area contributed by atoms with Crippen molar-refractivity contribution in [2.24, 2.45) is 0 Å². The van der Waals surface area contributed by atoms with E-state index in [1.165, 1.54) is 13.2 Å². The minimum Gasteiger partial charge on any atom is -0.493 e. The van der Waals surface area contributed by atoms with Crippen molar-refractivity contribution in [2.75, 3.05) is 7.11 Å². The van der Waals surface area contributed by atoms with Gasteiger partial charge in [0.2, 0.25) is 6.20 Å². The van der Waals surface area contributed by atoms with Crippen LogP contribution >= 0.6 is 0 Å². The van der Waals surface area contributed by atoms with E-state index in [0.717, 1.165) is 6.20 Å². The first kappa shape index (κ1) is 13.0. The molecule has 1 aromatic carbocycles. The fourth-order valence-corrected chi connectivity index (χ4v) is 1.33. The molecule has 0 atom stereocenters. The molecule has 92 valence electrons. The van der Waals surface area contributed by atoms with Crippen molar-refractivity contribution in [3.8, 4) is 11.5 Å². The molecule has 5 nitrogen and oxygen atoms in total. The summed E-state index contributed by atoms with van der Waals surface area (Å²) in [7, 11) is 1.53. The summed E-state index contributed by atoms with van der Waals surface area (Å²) in [5, 5.41) is 10.3. The zero-order valence-corrected chi connectivity index (χ0v) is 10.0. The zero-order chi connectivity index (χ0) is 12.8. The topological polar surface area (TPSA) is 61.6 Å². The van der Waals surface area contributed by atoms with Crippen LogP contribution in [-0.2, 0) is 0 Å². The van der Waals surface area contributed by atoms with E-state index in [1.807, 2.05) is 13.8 Å². The van der Waals surface area contributed by atoms with Gasteiger partial charge in [0.05, 0.1) is 18.1 Å². The molecule has 1 rings (SSSR count). The Bertz CT molecular complexity index is 427. The molecule has 0 saturated carbocycles. The van der Waals surface area contributed by atoms with E-state index in [-0.39, 0.29) is 6.10 Å². The highest BCUT2D eigenvalue weighted by molar-refractivity contribution is 5.61. The highest BCUT2D eigenvalue weighted by Crippen LogP contribution is 2.32. The molecule has 0 aliphatic heterocycles. The third-order valence-electron chi connectivity index (χ3n) is 1.96. The fraction of sp³-hybridized carbons (Fsp3) is 0.333. The lowest BCUT2D eigenvalue weighted by atomic mass is 10.2. The molecule has 0 aliphatic rings. The molecule has 0 aromatic heterocycles. The molecular formula is C12H15NO4. The first-order valence-electron chi connectivity index (χ1n) is 5.20. The monoisotopic (exact) mass is 237 g/mol. The Kier molecular flexibility index (Phi) is 4.51. The molecule has 0 spiro atoms. The van der Waals surface area contributed by atoms with E-state index >= 15 is 0 Å². The summed E-state index contributed by atoms with van der Waals surface area (Å²) >= 11 is 0. The SMILES string of the molecule is COc1cccc(C=C[N+](=O)[O-])c1OC(C)C. The second-order valence-electron chi connectivity index (χ2n) is 3.65. The average Bonchev–Trinajstić information content (AvgIpc) is 2.26. The lowest BCUT2D eigenvalue weighted by molar-refractivity contribution is -0.400. The summed E-state index contributed by atoms with van der Waals surface area (Å²) in [5.74, 6) is 1.08. The number of benzene rings is 1. The van der Waals surface area contributed by atoms with Crippen LogP contribution < -0.4 is 9.47 Å². The molecule has 0 aliphatic carbocycles. The van der Waals surface area contributed by atoms with E-state index in [9.17, 15) is 10.1 Å². The van der Waals surface area contributed by atoms with E-state index in [0.29, 0.717) is 17.1 Å². The van der Waals surface area contributed by atoms with Gasteiger partial charge in [-0.1, -0.05) is 12.1 Å². The van der Waals surface area contributed by atoms with Gasteiger partial charge in [-0.3, -0.25) is 10.1 Å². The van der Waals surface area contributed by atoms with Crippen LogP contribution in [0, 0.1) is 10.1 Å². The van der Waals surface area contributed by atoms with E-state index < -0.39 is 4.92 Å². The normalized spacial score (nSPS) is 10.8. The minimum atomic E-state index is -0.515. The maximum Gasteiger partial charge on any atom is 0.235 e. The summed E-state index contributed by atoms with van der Waals surface area (Å²) in [5.41, 5.74) is 0.620. The van der Waals surface area contributed by atoms with Gasteiger partial charge in [-0.05, 0) is 19.9 Å². The molecule has 17 heavy (non-hydrogen) atoms. The maximum atomic E-state index is 10.3. The van der Waals surface area contributed by atoms with Crippen molar-refractivity contribution in [2.45, 2.75) is 20.0 Å². The number of methoxy groups -OCH3 is 1. The first-order valence-corrected chi connectivity index (χ1v) is 5.20. The maximum absolute atomic E-state index is 10.3. The highest BCUT2D eigenvalue weighted by atomic mass is 16.6. The molecule has 0 amide bonds. The zero-order valence-electron chi connectivity index (χ0n) is 10.0. The summed E-state index contributed by atoms with van der Waals surface area (Å²) in [4.78, 5) is 9.79. The Morgan fingerprint density at radius 1 is 1.41 bits per heavy atom. The van der Waals surface area contributed by atoms with Gasteiger partial charge in [0.25, 0.3) is 0 Å². The van der Waals surface area contributed by atoms with Crippen molar-refractivity contribution in [3.05, 3.63) is 40.1 Å². The quantitative estimate of drug-likeness (QED) is 0.583. The van der Waals surface area contributed by atoms with Crippen molar-refractivity contribution in [1.29, 1.82) is 0 Å². The number of hydrogen-bond donors (Lipinski definition) is 0. The van der Waals surface area contributed by atoms with Gasteiger partial charge < -0.3 is 9.47 Å². The summed E-state index contributed by atoms with van der Waals surface area (Å²) in [6.07, 6.45) is 2.23. The standard InChI is InChI=1S/C12H15NO4/c1-9(2)17-12-10(7-8-13(14)15)5-4-6-11(12)16-3/h4-9H,1-3H3. The van der Waals surface area contributed by atoms with Crippen LogP contribution in [0.5, 0.6) is 11.5 Å². The highest BCUT2D eigenvalue weighted by Gasteiger charge is 2.10. The Balaban J connectivity index is 3.14. The lowest BCUT2D eigenvalue weighted by Gasteiger charge is -2.15. The number of nitrogens with zero attached hydrogens (tertiary/aromatic N) is 1. The van der Waals surface area contributed by atoms with Gasteiger partial charge in [0.15, 0.2) is 11.5 Å². The van der Waals surface area contributed by atoms with Crippen molar-refractivity contribution >= 4 is 6.08 Å². The third kappa shape index (κ3) is 3.79. The fourth-order valence-electron chi connectivity index (χ4n) is 1.33. The molecule has 0 radical (unpaired) electrons. The van der Waals surface area contributed by atoms with Gasteiger partial charge in [-0.2, -0.15) is 0 Å². The Morgan fingerprint density at radius 3 is 2.65 bits per heavy atom. The molecule has 5 heteroatoms. The Hall–Kier alpha value is -2.04. The van der Waals surface area contributed by atoms with Crippen LogP contribution in [0.15, 0.2) is 24.4 Å². The van der Waals surface area contributed by atoms with Crippen molar-refractivity contribution in [1.82, 2.24) is 0 Å². The third-order valence-corrected chi connectivity index (χ3v) is 1.96. The van der Waals surface area contributed by atoms with Gasteiger partial charge in [0.1, 0.15) is 0 Å². The molecule has 0 heterocycles. The van der Waals surface area contributed by atoms with Gasteiger partial charge >= 0.3 is 0 Å². The molecule has 0 saturated heterocycles.